The molecule has 2 saturated heterocycles. The van der Waals surface area contributed by atoms with Crippen LogP contribution in [0, 0.1) is 5.92 Å². The number of carbonyl (C=O) groups is 1. The fourth-order valence-corrected chi connectivity index (χ4v) is 4.37. The van der Waals surface area contributed by atoms with Crippen molar-refractivity contribution in [2.75, 3.05) is 32.7 Å². The third-order valence-electron chi connectivity index (χ3n) is 5.83. The van der Waals surface area contributed by atoms with Crippen molar-refractivity contribution in [3.05, 3.63) is 48.0 Å². The van der Waals surface area contributed by atoms with Gasteiger partial charge in [-0.1, -0.05) is 30.3 Å². The van der Waals surface area contributed by atoms with Crippen LogP contribution in [-0.2, 0) is 0 Å². The lowest BCUT2D eigenvalue weighted by molar-refractivity contribution is 0.0891. The highest BCUT2D eigenvalue weighted by Crippen LogP contribution is 2.19. The van der Waals surface area contributed by atoms with Gasteiger partial charge in [-0.15, -0.1) is 0 Å². The van der Waals surface area contributed by atoms with Crippen molar-refractivity contribution in [3.8, 4) is 0 Å². The zero-order valence-corrected chi connectivity index (χ0v) is 15.4. The highest BCUT2D eigenvalue weighted by atomic mass is 16.1. The van der Waals surface area contributed by atoms with Gasteiger partial charge < -0.3 is 15.5 Å². The lowest BCUT2D eigenvalue weighted by Gasteiger charge is -2.36. The maximum Gasteiger partial charge on any atom is 0.251 e. The number of piperidine rings is 2. The summed E-state index contributed by atoms with van der Waals surface area (Å²) in [5, 5.41) is 9.01. The molecule has 4 heteroatoms. The van der Waals surface area contributed by atoms with E-state index >= 15 is 0 Å². The third-order valence-corrected chi connectivity index (χ3v) is 5.83. The minimum Gasteiger partial charge on any atom is -0.348 e. The van der Waals surface area contributed by atoms with Crippen LogP contribution in [0.3, 0.4) is 0 Å². The molecule has 2 aromatic rings. The van der Waals surface area contributed by atoms with Gasteiger partial charge in [-0.2, -0.15) is 0 Å². The van der Waals surface area contributed by atoms with E-state index in [1.54, 1.807) is 0 Å². The van der Waals surface area contributed by atoms with Crippen molar-refractivity contribution in [2.45, 2.75) is 31.7 Å². The second-order valence-corrected chi connectivity index (χ2v) is 7.83. The van der Waals surface area contributed by atoms with Gasteiger partial charge in [0.15, 0.2) is 0 Å². The number of carbonyl (C=O) groups excluding carboxylic acids is 1. The molecule has 4 nitrogen and oxygen atoms in total. The van der Waals surface area contributed by atoms with Crippen LogP contribution in [0.25, 0.3) is 10.8 Å². The van der Waals surface area contributed by atoms with E-state index in [1.807, 2.05) is 30.3 Å². The summed E-state index contributed by atoms with van der Waals surface area (Å²) in [5.41, 5.74) is 0.763. The highest BCUT2D eigenvalue weighted by Gasteiger charge is 2.24. The summed E-state index contributed by atoms with van der Waals surface area (Å²) in [5.74, 6) is 0.871. The quantitative estimate of drug-likeness (QED) is 0.890. The van der Waals surface area contributed by atoms with Crippen LogP contribution >= 0.6 is 0 Å². The topological polar surface area (TPSA) is 44.4 Å². The first kappa shape index (κ1) is 17.5. The van der Waals surface area contributed by atoms with Gasteiger partial charge in [-0.05, 0) is 74.1 Å². The first-order valence-corrected chi connectivity index (χ1v) is 10.0. The van der Waals surface area contributed by atoms with Crippen LogP contribution in [0.4, 0.5) is 0 Å². The molecule has 26 heavy (non-hydrogen) atoms. The molecule has 138 valence electrons. The third kappa shape index (κ3) is 4.25. The number of nitrogens with zero attached hydrogens (tertiary/aromatic N) is 1. The Balaban J connectivity index is 1.35. The molecule has 4 rings (SSSR count). The van der Waals surface area contributed by atoms with Crippen LogP contribution in [-0.4, -0.2) is 49.6 Å². The molecule has 1 unspecified atom stereocenters. The Hall–Kier alpha value is -1.91. The largest absolute Gasteiger partial charge is 0.348 e. The number of hydrogen-bond acceptors (Lipinski definition) is 3. The first-order chi connectivity index (χ1) is 12.8. The van der Waals surface area contributed by atoms with Gasteiger partial charge in [-0.3, -0.25) is 4.79 Å². The fourth-order valence-electron chi connectivity index (χ4n) is 4.37. The Morgan fingerprint density at radius 1 is 1.08 bits per heavy atom. The molecule has 0 aliphatic carbocycles. The zero-order valence-electron chi connectivity index (χ0n) is 15.4. The highest BCUT2D eigenvalue weighted by molar-refractivity contribution is 5.98. The normalized spacial score (nSPS) is 22.4. The van der Waals surface area contributed by atoms with Crippen molar-refractivity contribution in [3.63, 3.8) is 0 Å². The van der Waals surface area contributed by atoms with Gasteiger partial charge in [0, 0.05) is 24.7 Å². The van der Waals surface area contributed by atoms with Gasteiger partial charge in [0.25, 0.3) is 5.91 Å². The molecule has 0 bridgehead atoms. The van der Waals surface area contributed by atoms with Crippen LogP contribution in [0.5, 0.6) is 0 Å². The molecular weight excluding hydrogens is 322 g/mol. The predicted molar refractivity (Wildman–Crippen MR) is 106 cm³/mol. The van der Waals surface area contributed by atoms with Gasteiger partial charge in [0.2, 0.25) is 0 Å². The maximum atomic E-state index is 12.7. The molecule has 2 N–H and O–H groups in total. The number of amides is 1. The lowest BCUT2D eigenvalue weighted by atomic mass is 9.95. The van der Waals surface area contributed by atoms with E-state index in [9.17, 15) is 4.79 Å². The second-order valence-electron chi connectivity index (χ2n) is 7.83. The molecule has 2 heterocycles. The zero-order chi connectivity index (χ0) is 17.8. The lowest BCUT2D eigenvalue weighted by Crippen LogP contribution is -2.49. The smallest absolute Gasteiger partial charge is 0.251 e. The van der Waals surface area contributed by atoms with E-state index in [2.05, 4.69) is 27.7 Å². The van der Waals surface area contributed by atoms with Crippen molar-refractivity contribution < 1.29 is 4.79 Å². The average molecular weight is 351 g/mol. The van der Waals surface area contributed by atoms with Gasteiger partial charge in [0.05, 0.1) is 0 Å². The average Bonchev–Trinajstić information content (AvgIpc) is 2.68. The molecule has 0 saturated carbocycles. The molecule has 0 aromatic heterocycles. The number of nitrogens with one attached hydrogen (secondary N) is 2. The van der Waals surface area contributed by atoms with Crippen molar-refractivity contribution in [1.82, 2.24) is 15.5 Å². The fraction of sp³-hybridized carbons (Fsp3) is 0.500. The van der Waals surface area contributed by atoms with Gasteiger partial charge >= 0.3 is 0 Å². The summed E-state index contributed by atoms with van der Waals surface area (Å²) < 4.78 is 0. The van der Waals surface area contributed by atoms with Crippen LogP contribution in [0.15, 0.2) is 42.5 Å². The molecule has 1 atom stereocenters. The molecule has 2 aliphatic rings. The number of hydrogen-bond donors (Lipinski definition) is 2. The molecule has 2 aliphatic heterocycles. The van der Waals surface area contributed by atoms with Crippen LogP contribution in [0.1, 0.15) is 36.0 Å². The Kier molecular flexibility index (Phi) is 5.51. The predicted octanol–water partition coefficient (Wildman–Crippen LogP) is 3.03. The second kappa shape index (κ2) is 8.19. The number of likely N-dealkylation sites (tertiary alicyclic amines) is 1. The summed E-state index contributed by atoms with van der Waals surface area (Å²) in [6, 6.07) is 14.4. The summed E-state index contributed by atoms with van der Waals surface area (Å²) in [6.45, 7) is 5.65. The molecule has 0 spiro atoms. The van der Waals surface area contributed by atoms with Crippen molar-refractivity contribution >= 4 is 16.7 Å². The Bertz CT molecular complexity index is 754. The summed E-state index contributed by atoms with van der Waals surface area (Å²) in [7, 11) is 0. The van der Waals surface area contributed by atoms with E-state index in [4.69, 9.17) is 0 Å². The molecule has 2 aromatic carbocycles. The Morgan fingerprint density at radius 3 is 2.73 bits per heavy atom. The van der Waals surface area contributed by atoms with E-state index in [-0.39, 0.29) is 11.9 Å². The van der Waals surface area contributed by atoms with Gasteiger partial charge in [0.1, 0.15) is 0 Å². The van der Waals surface area contributed by atoms with Crippen LogP contribution in [0.2, 0.25) is 0 Å². The monoisotopic (exact) mass is 351 g/mol. The minimum atomic E-state index is 0.0597. The maximum absolute atomic E-state index is 12.7. The van der Waals surface area contributed by atoms with Crippen molar-refractivity contribution in [1.29, 1.82) is 0 Å². The Morgan fingerprint density at radius 2 is 1.88 bits per heavy atom. The standard InChI is InChI=1S/C22H29N3O/c26-22(20-8-7-18-4-1-2-5-19(18)14-20)24-21-6-3-13-25(16-21)15-17-9-11-23-12-10-17/h1-2,4-5,7-8,14,17,21,23H,3,6,9-13,15-16H2,(H,24,26). The van der Waals surface area contributed by atoms with E-state index < -0.39 is 0 Å². The first-order valence-electron chi connectivity index (χ1n) is 10.0. The number of fused-ring (bicyclic) bond motifs is 1. The molecule has 1 amide bonds. The Labute approximate surface area is 156 Å². The minimum absolute atomic E-state index is 0.0597. The summed E-state index contributed by atoms with van der Waals surface area (Å²) >= 11 is 0. The van der Waals surface area contributed by atoms with Gasteiger partial charge in [-0.25, -0.2) is 0 Å². The van der Waals surface area contributed by atoms with E-state index in [1.165, 1.54) is 37.7 Å². The number of rotatable bonds is 4. The SMILES string of the molecule is O=C(NC1CCCN(CC2CCNCC2)C1)c1ccc2ccccc2c1. The molecule has 2 fully saturated rings. The molecular formula is C22H29N3O. The van der Waals surface area contributed by atoms with Crippen LogP contribution < -0.4 is 10.6 Å². The molecule has 0 radical (unpaired) electrons. The van der Waals surface area contributed by atoms with Crippen molar-refractivity contribution in [2.24, 2.45) is 5.92 Å². The number of benzene rings is 2. The summed E-state index contributed by atoms with van der Waals surface area (Å²) in [6.07, 6.45) is 4.82. The van der Waals surface area contributed by atoms with E-state index in [0.29, 0.717) is 0 Å². The van der Waals surface area contributed by atoms with E-state index in [0.717, 1.165) is 42.9 Å². The summed E-state index contributed by atoms with van der Waals surface area (Å²) in [4.78, 5) is 15.3.